The number of nitrogens with zero attached hydrogens (tertiary/aromatic N) is 3. The Balaban J connectivity index is 1.55. The second-order valence-electron chi connectivity index (χ2n) is 8.93. The van der Waals surface area contributed by atoms with E-state index in [2.05, 4.69) is 30.9 Å². The van der Waals surface area contributed by atoms with Gasteiger partial charge in [-0.2, -0.15) is 0 Å². The summed E-state index contributed by atoms with van der Waals surface area (Å²) in [4.78, 5) is 25.5. The first kappa shape index (κ1) is 23.8. The maximum Gasteiger partial charge on any atom is 0.255 e. The first-order valence-electron chi connectivity index (χ1n) is 11.3. The number of alkyl halides is 1. The van der Waals surface area contributed by atoms with Crippen LogP contribution >= 0.6 is 0 Å². The number of aliphatic hydroxyl groups is 1. The number of ether oxygens (including phenoxy) is 1. The molecule has 1 aliphatic rings. The van der Waals surface area contributed by atoms with Crippen LogP contribution in [0.1, 0.15) is 37.0 Å². The zero-order valence-corrected chi connectivity index (χ0v) is 19.2. The lowest BCUT2D eigenvalue weighted by Crippen LogP contribution is -2.42. The van der Waals surface area contributed by atoms with Crippen LogP contribution in [0.4, 0.5) is 21.6 Å². The second kappa shape index (κ2) is 10.3. The molecule has 3 heterocycles. The summed E-state index contributed by atoms with van der Waals surface area (Å²) in [6, 6.07) is 7.47. The minimum atomic E-state index is -1.61. The van der Waals surface area contributed by atoms with Gasteiger partial charge in [-0.05, 0) is 44.9 Å². The third-order valence-corrected chi connectivity index (χ3v) is 5.65. The number of amides is 1. The number of hydrogen-bond donors (Lipinski definition) is 4. The normalized spacial score (nSPS) is 17.2. The van der Waals surface area contributed by atoms with Crippen LogP contribution in [0.5, 0.6) is 0 Å². The highest BCUT2D eigenvalue weighted by molar-refractivity contribution is 6.00. The molecule has 9 nitrogen and oxygen atoms in total. The lowest BCUT2D eigenvalue weighted by molar-refractivity contribution is -0.00177. The largest absolute Gasteiger partial charge is 0.387 e. The third kappa shape index (κ3) is 5.95. The van der Waals surface area contributed by atoms with Gasteiger partial charge < -0.3 is 25.8 Å². The van der Waals surface area contributed by atoms with Crippen LogP contribution in [0.25, 0.3) is 10.9 Å². The fourth-order valence-corrected chi connectivity index (χ4v) is 3.64. The van der Waals surface area contributed by atoms with Crippen molar-refractivity contribution in [2.75, 3.05) is 30.4 Å². The highest BCUT2D eigenvalue weighted by Gasteiger charge is 2.27. The molecule has 10 heteroatoms. The molecule has 1 aliphatic heterocycles. The van der Waals surface area contributed by atoms with Crippen LogP contribution in [-0.4, -0.2) is 63.5 Å². The van der Waals surface area contributed by atoms with E-state index in [1.807, 2.05) is 18.2 Å². The van der Waals surface area contributed by atoms with Gasteiger partial charge in [0.05, 0.1) is 35.5 Å². The molecular weight excluding hydrogens is 439 g/mol. The van der Waals surface area contributed by atoms with Crippen molar-refractivity contribution < 1.29 is 19.0 Å². The highest BCUT2D eigenvalue weighted by Crippen LogP contribution is 2.25. The zero-order valence-electron chi connectivity index (χ0n) is 19.2. The quantitative estimate of drug-likeness (QED) is 0.398. The van der Waals surface area contributed by atoms with Crippen LogP contribution in [0.15, 0.2) is 43.0 Å². The van der Waals surface area contributed by atoms with E-state index in [4.69, 9.17) is 4.74 Å². The maximum atomic E-state index is 14.1. The fourth-order valence-electron chi connectivity index (χ4n) is 3.64. The molecule has 0 saturated carbocycles. The summed E-state index contributed by atoms with van der Waals surface area (Å²) in [6.07, 6.45) is 4.90. The van der Waals surface area contributed by atoms with Crippen molar-refractivity contribution in [2.24, 2.45) is 0 Å². The van der Waals surface area contributed by atoms with E-state index in [0.29, 0.717) is 18.1 Å². The molecule has 34 heavy (non-hydrogen) atoms. The Labute approximate surface area is 197 Å². The summed E-state index contributed by atoms with van der Waals surface area (Å²) in [5.41, 5.74) is 0.922. The van der Waals surface area contributed by atoms with Crippen molar-refractivity contribution in [3.05, 3.63) is 48.5 Å². The Hall–Kier alpha value is -3.37. The van der Waals surface area contributed by atoms with E-state index in [1.165, 1.54) is 26.4 Å². The standard InChI is InChI=1S/C24H29FN6O3/c1-24(2,33)21(25)12-28-23(32)18-11-27-22(9-20(18)30-17-4-3-7-34-13-17)31-16-5-6-19-15(8-16)10-26-14-29-19/h5-6,8-11,14,17,21,33H,3-4,7,12-13H2,1-2H3,(H,28,32)(H2,27,30,31). The van der Waals surface area contributed by atoms with Gasteiger partial charge >= 0.3 is 0 Å². The molecule has 3 aromatic rings. The number of fused-ring (bicyclic) bond motifs is 1. The molecule has 1 saturated heterocycles. The first-order chi connectivity index (χ1) is 16.3. The van der Waals surface area contributed by atoms with Gasteiger partial charge in [0.25, 0.3) is 5.91 Å². The SMILES string of the molecule is CC(C)(O)C(F)CNC(=O)c1cnc(Nc2ccc3ncncc3c2)cc1NC1CCCOC1. The van der Waals surface area contributed by atoms with Crippen molar-refractivity contribution >= 4 is 34.0 Å². The molecule has 180 valence electrons. The first-order valence-corrected chi connectivity index (χ1v) is 11.3. The van der Waals surface area contributed by atoms with Gasteiger partial charge in [0.2, 0.25) is 0 Å². The summed E-state index contributed by atoms with van der Waals surface area (Å²) in [6.45, 7) is 3.66. The number of pyridine rings is 1. The fraction of sp³-hybridized carbons (Fsp3) is 0.417. The molecule has 0 aliphatic carbocycles. The van der Waals surface area contributed by atoms with E-state index in [-0.39, 0.29) is 18.2 Å². The number of carbonyl (C=O) groups is 1. The van der Waals surface area contributed by atoms with Crippen molar-refractivity contribution in [1.82, 2.24) is 20.3 Å². The van der Waals surface area contributed by atoms with E-state index in [9.17, 15) is 14.3 Å². The van der Waals surface area contributed by atoms with Crippen molar-refractivity contribution in [2.45, 2.75) is 44.5 Å². The summed E-state index contributed by atoms with van der Waals surface area (Å²) in [5, 5.41) is 19.9. The van der Waals surface area contributed by atoms with Crippen molar-refractivity contribution in [1.29, 1.82) is 0 Å². The van der Waals surface area contributed by atoms with Gasteiger partial charge in [-0.25, -0.2) is 19.3 Å². The average molecular weight is 469 g/mol. The van der Waals surface area contributed by atoms with E-state index < -0.39 is 17.7 Å². The predicted molar refractivity (Wildman–Crippen MR) is 128 cm³/mol. The Morgan fingerprint density at radius 3 is 2.91 bits per heavy atom. The minimum Gasteiger partial charge on any atom is -0.387 e. The van der Waals surface area contributed by atoms with E-state index in [0.717, 1.165) is 36.0 Å². The van der Waals surface area contributed by atoms with E-state index in [1.54, 1.807) is 12.3 Å². The summed E-state index contributed by atoms with van der Waals surface area (Å²) in [5.74, 6) is 0.0554. The number of aromatic nitrogens is 3. The Kier molecular flexibility index (Phi) is 7.18. The predicted octanol–water partition coefficient (Wildman–Crippen LogP) is 3.20. The molecule has 1 fully saturated rings. The van der Waals surface area contributed by atoms with Crippen LogP contribution in [-0.2, 0) is 4.74 Å². The molecule has 0 bridgehead atoms. The third-order valence-electron chi connectivity index (χ3n) is 5.65. The molecule has 1 amide bonds. The molecule has 0 spiro atoms. The van der Waals surface area contributed by atoms with Gasteiger partial charge in [-0.1, -0.05) is 0 Å². The van der Waals surface area contributed by atoms with Gasteiger partial charge in [-0.3, -0.25) is 4.79 Å². The summed E-state index contributed by atoms with van der Waals surface area (Å²) in [7, 11) is 0. The zero-order chi connectivity index (χ0) is 24.1. The Morgan fingerprint density at radius 1 is 1.29 bits per heavy atom. The molecule has 4 rings (SSSR count). The lowest BCUT2D eigenvalue weighted by Gasteiger charge is -2.26. The number of halogens is 1. The van der Waals surface area contributed by atoms with Crippen molar-refractivity contribution in [3.8, 4) is 0 Å². The number of benzene rings is 1. The molecule has 2 unspecified atom stereocenters. The highest BCUT2D eigenvalue weighted by atomic mass is 19.1. The number of anilines is 3. The molecule has 0 radical (unpaired) electrons. The monoisotopic (exact) mass is 468 g/mol. The Bertz CT molecular complexity index is 1150. The van der Waals surface area contributed by atoms with Gasteiger partial charge in [-0.15, -0.1) is 0 Å². The average Bonchev–Trinajstić information content (AvgIpc) is 2.82. The molecule has 4 N–H and O–H groups in total. The van der Waals surface area contributed by atoms with Crippen LogP contribution in [0.3, 0.4) is 0 Å². The summed E-state index contributed by atoms with van der Waals surface area (Å²) < 4.78 is 19.7. The lowest BCUT2D eigenvalue weighted by atomic mass is 10.0. The van der Waals surface area contributed by atoms with Crippen LogP contribution in [0.2, 0.25) is 0 Å². The number of nitrogens with one attached hydrogen (secondary N) is 3. The smallest absolute Gasteiger partial charge is 0.255 e. The van der Waals surface area contributed by atoms with Crippen LogP contribution in [0, 0.1) is 0 Å². The van der Waals surface area contributed by atoms with E-state index >= 15 is 0 Å². The summed E-state index contributed by atoms with van der Waals surface area (Å²) >= 11 is 0. The molecule has 2 aromatic heterocycles. The van der Waals surface area contributed by atoms with Crippen LogP contribution < -0.4 is 16.0 Å². The maximum absolute atomic E-state index is 14.1. The topological polar surface area (TPSA) is 121 Å². The van der Waals surface area contributed by atoms with Gasteiger partial charge in [0.15, 0.2) is 0 Å². The van der Waals surface area contributed by atoms with Crippen molar-refractivity contribution in [3.63, 3.8) is 0 Å². The Morgan fingerprint density at radius 2 is 2.15 bits per heavy atom. The van der Waals surface area contributed by atoms with Gasteiger partial charge in [0, 0.05) is 42.2 Å². The number of rotatable bonds is 8. The second-order valence-corrected chi connectivity index (χ2v) is 8.93. The number of carbonyl (C=O) groups excluding carboxylic acids is 1. The van der Waals surface area contributed by atoms with Gasteiger partial charge in [0.1, 0.15) is 18.3 Å². The minimum absolute atomic E-state index is 0.0404. The molecular formula is C24H29FN6O3. The molecule has 2 atom stereocenters. The molecule has 1 aromatic carbocycles. The number of hydrogen-bond acceptors (Lipinski definition) is 8.